The van der Waals surface area contributed by atoms with Crippen LogP contribution < -0.4 is 4.74 Å². The van der Waals surface area contributed by atoms with E-state index in [4.69, 9.17) is 9.26 Å². The van der Waals surface area contributed by atoms with Crippen molar-refractivity contribution in [3.8, 4) is 17.1 Å². The van der Waals surface area contributed by atoms with Crippen molar-refractivity contribution in [1.82, 2.24) is 15.0 Å². The lowest BCUT2D eigenvalue weighted by molar-refractivity contribution is 0.0695. The Kier molecular flexibility index (Phi) is 6.60. The minimum absolute atomic E-state index is 0.0110. The molecule has 2 heterocycles. The summed E-state index contributed by atoms with van der Waals surface area (Å²) in [5.41, 5.74) is 1.34. The molecule has 0 aliphatic carbocycles. The molecule has 0 radical (unpaired) electrons. The summed E-state index contributed by atoms with van der Waals surface area (Å²) in [7, 11) is 0. The van der Waals surface area contributed by atoms with Crippen LogP contribution in [0, 0.1) is 5.82 Å². The number of amides is 1. The number of hydrogen-bond donors (Lipinski definition) is 0. The number of halogens is 1. The van der Waals surface area contributed by atoms with Crippen molar-refractivity contribution in [3.05, 3.63) is 65.8 Å². The quantitative estimate of drug-likeness (QED) is 0.496. The van der Waals surface area contributed by atoms with Gasteiger partial charge in [-0.05, 0) is 67.8 Å². The molecule has 0 bridgehead atoms. The first-order valence-corrected chi connectivity index (χ1v) is 10.8. The van der Waals surface area contributed by atoms with Crippen molar-refractivity contribution in [2.24, 2.45) is 0 Å². The largest absolute Gasteiger partial charge is 0.494 e. The van der Waals surface area contributed by atoms with Crippen LogP contribution in [0.25, 0.3) is 11.4 Å². The molecule has 3 aromatic rings. The lowest BCUT2D eigenvalue weighted by Crippen LogP contribution is -2.39. The van der Waals surface area contributed by atoms with Crippen molar-refractivity contribution >= 4 is 5.91 Å². The molecule has 1 aliphatic heterocycles. The monoisotopic (exact) mass is 423 g/mol. The zero-order valence-corrected chi connectivity index (χ0v) is 17.6. The molecule has 4 rings (SSSR count). The smallest absolute Gasteiger partial charge is 0.253 e. The second-order valence-corrected chi connectivity index (χ2v) is 7.78. The second kappa shape index (κ2) is 9.73. The summed E-state index contributed by atoms with van der Waals surface area (Å²) < 4.78 is 24.3. The van der Waals surface area contributed by atoms with Crippen LogP contribution in [-0.2, 0) is 0 Å². The minimum atomic E-state index is -0.311. The Balaban J connectivity index is 1.40. The second-order valence-electron chi connectivity index (χ2n) is 7.78. The van der Waals surface area contributed by atoms with E-state index in [1.807, 2.05) is 29.2 Å². The van der Waals surface area contributed by atoms with Gasteiger partial charge in [0.15, 0.2) is 0 Å². The maximum atomic E-state index is 13.1. The van der Waals surface area contributed by atoms with Crippen LogP contribution in [0.1, 0.15) is 54.8 Å². The molecule has 162 valence electrons. The number of aromatic nitrogens is 2. The zero-order valence-electron chi connectivity index (χ0n) is 17.6. The molecule has 2 aromatic carbocycles. The maximum absolute atomic E-state index is 13.1. The number of carbonyl (C=O) groups is 1. The van der Waals surface area contributed by atoms with Crippen molar-refractivity contribution in [3.63, 3.8) is 0 Å². The Morgan fingerprint density at radius 2 is 1.97 bits per heavy atom. The van der Waals surface area contributed by atoms with E-state index < -0.39 is 0 Å². The fourth-order valence-electron chi connectivity index (χ4n) is 3.69. The Bertz CT molecular complexity index is 1000. The molecule has 1 atom stereocenters. The lowest BCUT2D eigenvalue weighted by Gasteiger charge is -2.31. The van der Waals surface area contributed by atoms with Gasteiger partial charge in [-0.15, -0.1) is 0 Å². The number of benzene rings is 2. The molecular weight excluding hydrogens is 397 g/mol. The zero-order chi connectivity index (χ0) is 21.6. The molecule has 7 heteroatoms. The Morgan fingerprint density at radius 1 is 1.19 bits per heavy atom. The highest BCUT2D eigenvalue weighted by Crippen LogP contribution is 2.28. The first kappa shape index (κ1) is 21.0. The maximum Gasteiger partial charge on any atom is 0.253 e. The van der Waals surface area contributed by atoms with Crippen LogP contribution in [0.15, 0.2) is 53.1 Å². The third-order valence-electron chi connectivity index (χ3n) is 5.47. The number of carbonyl (C=O) groups excluding carboxylic acids is 1. The van der Waals surface area contributed by atoms with Crippen molar-refractivity contribution in [2.45, 2.75) is 38.5 Å². The Labute approximate surface area is 181 Å². The molecule has 0 unspecified atom stereocenters. The average Bonchev–Trinajstić information content (AvgIpc) is 3.30. The molecule has 31 heavy (non-hydrogen) atoms. The number of piperidine rings is 1. The van der Waals surface area contributed by atoms with Crippen LogP contribution in [0.3, 0.4) is 0 Å². The fraction of sp³-hybridized carbons (Fsp3) is 0.375. The molecule has 0 saturated carbocycles. The summed E-state index contributed by atoms with van der Waals surface area (Å²) >= 11 is 0. The van der Waals surface area contributed by atoms with E-state index in [0.29, 0.717) is 42.5 Å². The van der Waals surface area contributed by atoms with E-state index in [-0.39, 0.29) is 17.6 Å². The molecule has 1 amide bonds. The van der Waals surface area contributed by atoms with Crippen LogP contribution in [0.2, 0.25) is 0 Å². The van der Waals surface area contributed by atoms with Gasteiger partial charge >= 0.3 is 0 Å². The van der Waals surface area contributed by atoms with Crippen molar-refractivity contribution < 1.29 is 18.4 Å². The molecular formula is C24H26FN3O3. The van der Waals surface area contributed by atoms with E-state index in [0.717, 1.165) is 31.4 Å². The first-order valence-electron chi connectivity index (χ1n) is 10.8. The minimum Gasteiger partial charge on any atom is -0.494 e. The first-order chi connectivity index (χ1) is 15.1. The van der Waals surface area contributed by atoms with Gasteiger partial charge in [0, 0.05) is 24.2 Å². The highest BCUT2D eigenvalue weighted by molar-refractivity contribution is 5.94. The highest BCUT2D eigenvalue weighted by atomic mass is 19.1. The third-order valence-corrected chi connectivity index (χ3v) is 5.47. The summed E-state index contributed by atoms with van der Waals surface area (Å²) in [4.78, 5) is 19.3. The lowest BCUT2D eigenvalue weighted by atomic mass is 9.97. The highest BCUT2D eigenvalue weighted by Gasteiger charge is 2.29. The van der Waals surface area contributed by atoms with E-state index in [9.17, 15) is 9.18 Å². The molecule has 1 saturated heterocycles. The summed E-state index contributed by atoms with van der Waals surface area (Å²) in [6, 6.07) is 13.3. The molecule has 0 N–H and O–H groups in total. The van der Waals surface area contributed by atoms with Gasteiger partial charge in [-0.1, -0.05) is 18.5 Å². The topological polar surface area (TPSA) is 68.5 Å². The van der Waals surface area contributed by atoms with Gasteiger partial charge < -0.3 is 14.2 Å². The summed E-state index contributed by atoms with van der Waals surface area (Å²) in [5, 5.41) is 4.03. The number of hydrogen-bond acceptors (Lipinski definition) is 5. The van der Waals surface area contributed by atoms with Crippen LogP contribution in [0.4, 0.5) is 4.39 Å². The molecule has 6 nitrogen and oxygen atoms in total. The predicted molar refractivity (Wildman–Crippen MR) is 114 cm³/mol. The molecule has 1 aliphatic rings. The SMILES string of the molecule is CCCCOc1ccc(C(=O)N2CCC[C@H](c3nc(-c4ccc(F)cc4)no3)C2)cc1. The normalized spacial score (nSPS) is 16.3. The number of nitrogens with zero attached hydrogens (tertiary/aromatic N) is 3. The van der Waals surface area contributed by atoms with Gasteiger partial charge in [0.2, 0.25) is 11.7 Å². The van der Waals surface area contributed by atoms with Gasteiger partial charge in [0.1, 0.15) is 11.6 Å². The Hall–Kier alpha value is -3.22. The number of unbranched alkanes of at least 4 members (excludes halogenated alkanes) is 1. The predicted octanol–water partition coefficient (Wildman–Crippen LogP) is 5.07. The molecule has 0 spiro atoms. The van der Waals surface area contributed by atoms with Gasteiger partial charge in [0.25, 0.3) is 5.91 Å². The third kappa shape index (κ3) is 5.10. The van der Waals surface area contributed by atoms with Gasteiger partial charge in [-0.2, -0.15) is 4.98 Å². The summed E-state index contributed by atoms with van der Waals surface area (Å²) in [6.45, 7) is 4.03. The number of likely N-dealkylation sites (tertiary alicyclic amines) is 1. The van der Waals surface area contributed by atoms with Gasteiger partial charge in [-0.3, -0.25) is 4.79 Å². The summed E-state index contributed by atoms with van der Waals surface area (Å²) in [6.07, 6.45) is 3.83. The van der Waals surface area contributed by atoms with Gasteiger partial charge in [-0.25, -0.2) is 4.39 Å². The van der Waals surface area contributed by atoms with Crippen molar-refractivity contribution in [1.29, 1.82) is 0 Å². The van der Waals surface area contributed by atoms with E-state index in [1.54, 1.807) is 12.1 Å². The number of ether oxygens (including phenoxy) is 1. The average molecular weight is 423 g/mol. The fourth-order valence-corrected chi connectivity index (χ4v) is 3.69. The Morgan fingerprint density at radius 3 is 2.71 bits per heavy atom. The van der Waals surface area contributed by atoms with E-state index in [2.05, 4.69) is 17.1 Å². The van der Waals surface area contributed by atoms with Crippen molar-refractivity contribution in [2.75, 3.05) is 19.7 Å². The number of rotatable bonds is 7. The standard InChI is InChI=1S/C24H26FN3O3/c1-2-3-15-30-21-12-8-18(9-13-21)24(29)28-14-4-5-19(16-28)23-26-22(27-31-23)17-6-10-20(25)11-7-17/h6-13,19H,2-5,14-16H2,1H3/t19-/m0/s1. The molecule has 1 aromatic heterocycles. The van der Waals surface area contributed by atoms with Crippen LogP contribution >= 0.6 is 0 Å². The van der Waals surface area contributed by atoms with E-state index >= 15 is 0 Å². The van der Waals surface area contributed by atoms with Gasteiger partial charge in [0.05, 0.1) is 12.5 Å². The van der Waals surface area contributed by atoms with Crippen LogP contribution in [0.5, 0.6) is 5.75 Å². The summed E-state index contributed by atoms with van der Waals surface area (Å²) in [5.74, 6) is 1.38. The van der Waals surface area contributed by atoms with Crippen LogP contribution in [-0.4, -0.2) is 40.6 Å². The van der Waals surface area contributed by atoms with E-state index in [1.165, 1.54) is 12.1 Å². The molecule has 1 fully saturated rings.